The van der Waals surface area contributed by atoms with Crippen LogP contribution in [0.1, 0.15) is 12.5 Å². The second-order valence-electron chi connectivity index (χ2n) is 3.85. The van der Waals surface area contributed by atoms with Crippen molar-refractivity contribution >= 4 is 5.82 Å². The van der Waals surface area contributed by atoms with E-state index in [9.17, 15) is 0 Å². The van der Waals surface area contributed by atoms with Gasteiger partial charge in [-0.15, -0.1) is 0 Å². The number of nitriles is 1. The van der Waals surface area contributed by atoms with Gasteiger partial charge in [-0.3, -0.25) is 0 Å². The molecule has 80 valence electrons. The molecule has 1 heterocycles. The standard InChI is InChI=1S/C11H16N4/c1-9(8-15(2)3)14-11-5-4-10(6-12)7-13-11/h4-5,7,9H,8H2,1-3H3,(H,13,14). The minimum atomic E-state index is 0.334. The summed E-state index contributed by atoms with van der Waals surface area (Å²) in [4.78, 5) is 6.26. The SMILES string of the molecule is CC(CN(C)C)Nc1ccc(C#N)cn1. The maximum atomic E-state index is 8.61. The van der Waals surface area contributed by atoms with Gasteiger partial charge in [-0.2, -0.15) is 5.26 Å². The predicted molar refractivity (Wildman–Crippen MR) is 60.6 cm³/mol. The van der Waals surface area contributed by atoms with E-state index in [1.165, 1.54) is 0 Å². The van der Waals surface area contributed by atoms with Crippen LogP contribution in [0.3, 0.4) is 0 Å². The van der Waals surface area contributed by atoms with E-state index in [1.54, 1.807) is 12.3 Å². The average Bonchev–Trinajstić information content (AvgIpc) is 2.17. The van der Waals surface area contributed by atoms with E-state index < -0.39 is 0 Å². The average molecular weight is 204 g/mol. The van der Waals surface area contributed by atoms with Crippen LogP contribution in [0.25, 0.3) is 0 Å². The van der Waals surface area contributed by atoms with Crippen molar-refractivity contribution in [3.63, 3.8) is 0 Å². The monoisotopic (exact) mass is 204 g/mol. The molecule has 0 fully saturated rings. The molecule has 0 radical (unpaired) electrons. The summed E-state index contributed by atoms with van der Waals surface area (Å²) in [6.07, 6.45) is 1.57. The van der Waals surface area contributed by atoms with Crippen molar-refractivity contribution in [2.75, 3.05) is 26.0 Å². The number of aromatic nitrogens is 1. The van der Waals surface area contributed by atoms with Gasteiger partial charge < -0.3 is 10.2 Å². The van der Waals surface area contributed by atoms with Gasteiger partial charge in [-0.05, 0) is 33.2 Å². The summed E-state index contributed by atoms with van der Waals surface area (Å²) in [5.74, 6) is 0.809. The molecule has 0 aliphatic carbocycles. The van der Waals surface area contributed by atoms with Gasteiger partial charge in [0, 0.05) is 18.8 Å². The fourth-order valence-electron chi connectivity index (χ4n) is 1.39. The highest BCUT2D eigenvalue weighted by Crippen LogP contribution is 2.05. The predicted octanol–water partition coefficient (Wildman–Crippen LogP) is 1.32. The second-order valence-corrected chi connectivity index (χ2v) is 3.85. The number of nitrogens with one attached hydrogen (secondary N) is 1. The summed E-state index contributed by atoms with van der Waals surface area (Å²) in [6, 6.07) is 5.96. The third kappa shape index (κ3) is 3.96. The van der Waals surface area contributed by atoms with Gasteiger partial charge in [0.1, 0.15) is 11.9 Å². The van der Waals surface area contributed by atoms with Gasteiger partial charge >= 0.3 is 0 Å². The van der Waals surface area contributed by atoms with Crippen LogP contribution in [0.15, 0.2) is 18.3 Å². The Hall–Kier alpha value is -1.60. The molecule has 1 unspecified atom stereocenters. The van der Waals surface area contributed by atoms with Crippen LogP contribution in [-0.2, 0) is 0 Å². The Labute approximate surface area is 90.5 Å². The third-order valence-electron chi connectivity index (χ3n) is 1.93. The molecule has 1 rings (SSSR count). The van der Waals surface area contributed by atoms with Crippen LogP contribution in [0, 0.1) is 11.3 Å². The van der Waals surface area contributed by atoms with E-state index in [4.69, 9.17) is 5.26 Å². The first-order valence-electron chi connectivity index (χ1n) is 4.89. The number of rotatable bonds is 4. The lowest BCUT2D eigenvalue weighted by atomic mass is 10.3. The largest absolute Gasteiger partial charge is 0.366 e. The summed E-state index contributed by atoms with van der Waals surface area (Å²) in [7, 11) is 4.06. The van der Waals surface area contributed by atoms with Crippen LogP contribution in [-0.4, -0.2) is 36.6 Å². The Kier molecular flexibility index (Phi) is 4.07. The normalized spacial score (nSPS) is 12.2. The van der Waals surface area contributed by atoms with Gasteiger partial charge in [0.25, 0.3) is 0 Å². The number of hydrogen-bond donors (Lipinski definition) is 1. The van der Waals surface area contributed by atoms with Crippen molar-refractivity contribution < 1.29 is 0 Å². The molecule has 1 aromatic heterocycles. The Morgan fingerprint density at radius 3 is 2.73 bits per heavy atom. The molecule has 0 aromatic carbocycles. The summed E-state index contributed by atoms with van der Waals surface area (Å²) >= 11 is 0. The van der Waals surface area contributed by atoms with Crippen LogP contribution in [0.2, 0.25) is 0 Å². The summed E-state index contributed by atoms with van der Waals surface area (Å²) < 4.78 is 0. The van der Waals surface area contributed by atoms with Crippen molar-refractivity contribution in [3.8, 4) is 6.07 Å². The van der Waals surface area contributed by atoms with Crippen molar-refractivity contribution in [2.24, 2.45) is 0 Å². The topological polar surface area (TPSA) is 52.0 Å². The fourth-order valence-corrected chi connectivity index (χ4v) is 1.39. The molecule has 0 aliphatic heterocycles. The van der Waals surface area contributed by atoms with E-state index in [0.717, 1.165) is 12.4 Å². The molecular formula is C11H16N4. The lowest BCUT2D eigenvalue weighted by Gasteiger charge is -2.18. The summed E-state index contributed by atoms with van der Waals surface area (Å²) in [5, 5.41) is 11.9. The second kappa shape index (κ2) is 5.32. The number of likely N-dealkylation sites (N-methyl/N-ethyl adjacent to an activating group) is 1. The molecule has 1 aromatic rings. The highest BCUT2D eigenvalue weighted by atomic mass is 15.1. The molecule has 1 N–H and O–H groups in total. The molecule has 15 heavy (non-hydrogen) atoms. The Balaban J connectivity index is 2.54. The van der Waals surface area contributed by atoms with Crippen molar-refractivity contribution in [3.05, 3.63) is 23.9 Å². The smallest absolute Gasteiger partial charge is 0.126 e. The van der Waals surface area contributed by atoms with Gasteiger partial charge in [-0.25, -0.2) is 4.98 Å². The molecule has 0 aliphatic rings. The van der Waals surface area contributed by atoms with Crippen molar-refractivity contribution in [2.45, 2.75) is 13.0 Å². The maximum absolute atomic E-state index is 8.61. The van der Waals surface area contributed by atoms with Gasteiger partial charge in [0.15, 0.2) is 0 Å². The quantitative estimate of drug-likeness (QED) is 0.803. The third-order valence-corrected chi connectivity index (χ3v) is 1.93. The van der Waals surface area contributed by atoms with Crippen LogP contribution >= 0.6 is 0 Å². The van der Waals surface area contributed by atoms with Crippen LogP contribution < -0.4 is 5.32 Å². The van der Waals surface area contributed by atoms with E-state index in [2.05, 4.69) is 22.1 Å². The molecule has 0 amide bonds. The van der Waals surface area contributed by atoms with Crippen molar-refractivity contribution in [1.29, 1.82) is 5.26 Å². The van der Waals surface area contributed by atoms with Gasteiger partial charge in [0.05, 0.1) is 5.56 Å². The molecule has 4 nitrogen and oxygen atoms in total. The van der Waals surface area contributed by atoms with Crippen molar-refractivity contribution in [1.82, 2.24) is 9.88 Å². The minimum Gasteiger partial charge on any atom is -0.366 e. The Morgan fingerprint density at radius 2 is 2.27 bits per heavy atom. The van der Waals surface area contributed by atoms with Crippen LogP contribution in [0.5, 0.6) is 0 Å². The molecule has 0 spiro atoms. The maximum Gasteiger partial charge on any atom is 0.126 e. The van der Waals surface area contributed by atoms with E-state index >= 15 is 0 Å². The number of anilines is 1. The van der Waals surface area contributed by atoms with Gasteiger partial charge in [0.2, 0.25) is 0 Å². The lowest BCUT2D eigenvalue weighted by molar-refractivity contribution is 0.392. The number of hydrogen-bond acceptors (Lipinski definition) is 4. The lowest BCUT2D eigenvalue weighted by Crippen LogP contribution is -2.29. The fraction of sp³-hybridized carbons (Fsp3) is 0.455. The molecular weight excluding hydrogens is 188 g/mol. The van der Waals surface area contributed by atoms with E-state index in [-0.39, 0.29) is 0 Å². The zero-order valence-electron chi connectivity index (χ0n) is 9.36. The van der Waals surface area contributed by atoms with Gasteiger partial charge in [-0.1, -0.05) is 0 Å². The molecule has 4 heteroatoms. The van der Waals surface area contributed by atoms with E-state index in [1.807, 2.05) is 26.2 Å². The first-order chi connectivity index (χ1) is 7.11. The zero-order chi connectivity index (χ0) is 11.3. The van der Waals surface area contributed by atoms with Crippen LogP contribution in [0.4, 0.5) is 5.82 Å². The molecule has 0 bridgehead atoms. The molecule has 0 saturated carbocycles. The zero-order valence-corrected chi connectivity index (χ0v) is 9.36. The first kappa shape index (κ1) is 11.5. The highest BCUT2D eigenvalue weighted by molar-refractivity contribution is 5.39. The number of nitrogens with zero attached hydrogens (tertiary/aromatic N) is 3. The highest BCUT2D eigenvalue weighted by Gasteiger charge is 2.03. The first-order valence-corrected chi connectivity index (χ1v) is 4.89. The molecule has 1 atom stereocenters. The van der Waals surface area contributed by atoms with E-state index in [0.29, 0.717) is 11.6 Å². The molecule has 0 saturated heterocycles. The Bertz CT molecular complexity index is 337. The Morgan fingerprint density at radius 1 is 1.53 bits per heavy atom. The summed E-state index contributed by atoms with van der Waals surface area (Å²) in [5.41, 5.74) is 0.584. The minimum absolute atomic E-state index is 0.334. The number of pyridine rings is 1. The summed E-state index contributed by atoms with van der Waals surface area (Å²) in [6.45, 7) is 3.04.